The zero-order valence-corrected chi connectivity index (χ0v) is 13.7. The summed E-state index contributed by atoms with van der Waals surface area (Å²) in [6, 6.07) is 7.08. The SMILES string of the molecule is Cc1ccc2c(c1)c1c(n2C2CCCCC2O)CCN(C)C1. The molecule has 2 atom stereocenters. The Morgan fingerprint density at radius 1 is 1.18 bits per heavy atom. The lowest BCUT2D eigenvalue weighted by molar-refractivity contribution is 0.0757. The largest absolute Gasteiger partial charge is 0.391 e. The number of benzene rings is 1. The first kappa shape index (κ1) is 14.3. The maximum atomic E-state index is 10.6. The van der Waals surface area contributed by atoms with Gasteiger partial charge in [0.25, 0.3) is 0 Å². The smallest absolute Gasteiger partial charge is 0.0747 e. The van der Waals surface area contributed by atoms with Crippen molar-refractivity contribution >= 4 is 10.9 Å². The molecule has 0 bridgehead atoms. The number of hydrogen-bond acceptors (Lipinski definition) is 2. The van der Waals surface area contributed by atoms with Crippen LogP contribution in [0, 0.1) is 6.92 Å². The van der Waals surface area contributed by atoms with Crippen LogP contribution in [0.15, 0.2) is 18.2 Å². The monoisotopic (exact) mass is 298 g/mol. The van der Waals surface area contributed by atoms with Crippen molar-refractivity contribution in [3.8, 4) is 0 Å². The van der Waals surface area contributed by atoms with Gasteiger partial charge < -0.3 is 14.6 Å². The highest BCUT2D eigenvalue weighted by Crippen LogP contribution is 2.38. The molecule has 0 amide bonds. The number of aromatic nitrogens is 1. The second-order valence-electron chi connectivity index (χ2n) is 7.22. The summed E-state index contributed by atoms with van der Waals surface area (Å²) in [6.45, 7) is 4.32. The van der Waals surface area contributed by atoms with Gasteiger partial charge in [0, 0.05) is 36.1 Å². The number of aryl methyl sites for hydroxylation is 1. The summed E-state index contributed by atoms with van der Waals surface area (Å²) in [6.07, 6.45) is 5.38. The topological polar surface area (TPSA) is 28.4 Å². The molecule has 0 saturated heterocycles. The van der Waals surface area contributed by atoms with Crippen molar-refractivity contribution in [3.05, 3.63) is 35.0 Å². The maximum Gasteiger partial charge on any atom is 0.0747 e. The molecule has 1 aliphatic heterocycles. The quantitative estimate of drug-likeness (QED) is 0.874. The molecule has 1 aromatic carbocycles. The van der Waals surface area contributed by atoms with E-state index in [0.717, 1.165) is 32.4 Å². The van der Waals surface area contributed by atoms with Crippen molar-refractivity contribution < 1.29 is 5.11 Å². The minimum absolute atomic E-state index is 0.186. The predicted octanol–water partition coefficient (Wildman–Crippen LogP) is 3.41. The summed E-state index contributed by atoms with van der Waals surface area (Å²) in [5.41, 5.74) is 5.62. The molecule has 1 fully saturated rings. The van der Waals surface area contributed by atoms with Gasteiger partial charge in [0.05, 0.1) is 12.1 Å². The molecule has 2 aromatic rings. The normalized spacial score (nSPS) is 26.3. The van der Waals surface area contributed by atoms with Crippen LogP contribution in [-0.4, -0.2) is 34.3 Å². The van der Waals surface area contributed by atoms with E-state index < -0.39 is 0 Å². The van der Waals surface area contributed by atoms with E-state index in [1.165, 1.54) is 40.6 Å². The fourth-order valence-corrected chi connectivity index (χ4v) is 4.41. The molecule has 1 aliphatic carbocycles. The Kier molecular flexibility index (Phi) is 3.50. The van der Waals surface area contributed by atoms with E-state index in [1.54, 1.807) is 0 Å². The summed E-state index contributed by atoms with van der Waals surface area (Å²) in [5, 5.41) is 12.0. The summed E-state index contributed by atoms with van der Waals surface area (Å²) in [7, 11) is 2.21. The molecule has 1 aromatic heterocycles. The van der Waals surface area contributed by atoms with Gasteiger partial charge in [-0.15, -0.1) is 0 Å². The first-order valence-electron chi connectivity index (χ1n) is 8.64. The molecule has 2 heterocycles. The molecule has 1 saturated carbocycles. The van der Waals surface area contributed by atoms with E-state index >= 15 is 0 Å². The number of rotatable bonds is 1. The Hall–Kier alpha value is -1.32. The average Bonchev–Trinajstić information content (AvgIpc) is 2.81. The summed E-state index contributed by atoms with van der Waals surface area (Å²) >= 11 is 0. The van der Waals surface area contributed by atoms with E-state index in [-0.39, 0.29) is 12.1 Å². The Balaban J connectivity index is 1.93. The number of aliphatic hydroxyl groups excluding tert-OH is 1. The zero-order valence-electron chi connectivity index (χ0n) is 13.7. The second-order valence-corrected chi connectivity index (χ2v) is 7.22. The molecule has 3 heteroatoms. The lowest BCUT2D eigenvalue weighted by atomic mass is 9.92. The molecule has 4 rings (SSSR count). The minimum atomic E-state index is -0.186. The summed E-state index contributed by atoms with van der Waals surface area (Å²) < 4.78 is 2.50. The van der Waals surface area contributed by atoms with Gasteiger partial charge in [-0.1, -0.05) is 24.5 Å². The fourth-order valence-electron chi connectivity index (χ4n) is 4.41. The second kappa shape index (κ2) is 5.39. The molecule has 22 heavy (non-hydrogen) atoms. The van der Waals surface area contributed by atoms with E-state index in [9.17, 15) is 5.11 Å². The van der Waals surface area contributed by atoms with E-state index in [4.69, 9.17) is 0 Å². The Morgan fingerprint density at radius 3 is 2.82 bits per heavy atom. The van der Waals surface area contributed by atoms with Crippen molar-refractivity contribution in [3.63, 3.8) is 0 Å². The summed E-state index contributed by atoms with van der Waals surface area (Å²) in [5.74, 6) is 0. The van der Waals surface area contributed by atoms with Crippen LogP contribution in [0.2, 0.25) is 0 Å². The van der Waals surface area contributed by atoms with Gasteiger partial charge >= 0.3 is 0 Å². The van der Waals surface area contributed by atoms with Crippen LogP contribution in [-0.2, 0) is 13.0 Å². The van der Waals surface area contributed by atoms with Crippen LogP contribution in [0.5, 0.6) is 0 Å². The lowest BCUT2D eigenvalue weighted by Gasteiger charge is -2.33. The molecule has 118 valence electrons. The third-order valence-corrected chi connectivity index (χ3v) is 5.56. The molecule has 1 N–H and O–H groups in total. The van der Waals surface area contributed by atoms with Crippen molar-refractivity contribution in [1.82, 2.24) is 9.47 Å². The van der Waals surface area contributed by atoms with Crippen molar-refractivity contribution in [2.45, 2.75) is 57.7 Å². The maximum absolute atomic E-state index is 10.6. The van der Waals surface area contributed by atoms with Crippen LogP contribution >= 0.6 is 0 Å². The molecule has 3 nitrogen and oxygen atoms in total. The highest BCUT2D eigenvalue weighted by Gasteiger charge is 2.31. The third kappa shape index (κ3) is 2.19. The molecule has 0 radical (unpaired) electrons. The van der Waals surface area contributed by atoms with Gasteiger partial charge in [-0.05, 0) is 44.5 Å². The van der Waals surface area contributed by atoms with Crippen molar-refractivity contribution in [1.29, 1.82) is 0 Å². The molecule has 2 aliphatic rings. The van der Waals surface area contributed by atoms with Crippen LogP contribution < -0.4 is 0 Å². The van der Waals surface area contributed by atoms with Crippen LogP contribution in [0.4, 0.5) is 0 Å². The molecular formula is C19H26N2O. The fraction of sp³-hybridized carbons (Fsp3) is 0.579. The Morgan fingerprint density at radius 2 is 2.00 bits per heavy atom. The Bertz CT molecular complexity index is 703. The van der Waals surface area contributed by atoms with Gasteiger partial charge in [0.15, 0.2) is 0 Å². The van der Waals surface area contributed by atoms with Gasteiger partial charge in [0.2, 0.25) is 0 Å². The average molecular weight is 298 g/mol. The highest BCUT2D eigenvalue weighted by atomic mass is 16.3. The van der Waals surface area contributed by atoms with E-state index in [0.29, 0.717) is 0 Å². The third-order valence-electron chi connectivity index (χ3n) is 5.56. The minimum Gasteiger partial charge on any atom is -0.391 e. The molecular weight excluding hydrogens is 272 g/mol. The molecule has 2 unspecified atom stereocenters. The first-order chi connectivity index (χ1) is 10.6. The van der Waals surface area contributed by atoms with E-state index in [2.05, 4.69) is 41.6 Å². The first-order valence-corrected chi connectivity index (χ1v) is 8.64. The van der Waals surface area contributed by atoms with Gasteiger partial charge in [-0.2, -0.15) is 0 Å². The molecule has 0 spiro atoms. The zero-order chi connectivity index (χ0) is 15.3. The van der Waals surface area contributed by atoms with Crippen molar-refractivity contribution in [2.75, 3.05) is 13.6 Å². The number of hydrogen-bond donors (Lipinski definition) is 1. The van der Waals surface area contributed by atoms with Gasteiger partial charge in [-0.3, -0.25) is 0 Å². The summed E-state index contributed by atoms with van der Waals surface area (Å²) in [4.78, 5) is 2.41. The van der Waals surface area contributed by atoms with E-state index in [1.807, 2.05) is 0 Å². The lowest BCUT2D eigenvalue weighted by Crippen LogP contribution is -2.32. The number of likely N-dealkylation sites (N-methyl/N-ethyl adjacent to an activating group) is 1. The number of nitrogens with zero attached hydrogens (tertiary/aromatic N) is 2. The van der Waals surface area contributed by atoms with Gasteiger partial charge in [0.1, 0.15) is 0 Å². The predicted molar refractivity (Wildman–Crippen MR) is 90.2 cm³/mol. The standard InChI is InChI=1S/C19H26N2O/c1-13-7-8-16-14(11-13)15-12-20(2)10-9-17(15)21(16)18-5-3-4-6-19(18)22/h7-8,11,18-19,22H,3-6,9-10,12H2,1-2H3. The van der Waals surface area contributed by atoms with Crippen LogP contribution in [0.25, 0.3) is 10.9 Å². The van der Waals surface area contributed by atoms with Crippen LogP contribution in [0.1, 0.15) is 48.5 Å². The Labute approximate surface area is 132 Å². The number of fused-ring (bicyclic) bond motifs is 3. The van der Waals surface area contributed by atoms with Crippen LogP contribution in [0.3, 0.4) is 0 Å². The number of aliphatic hydroxyl groups is 1. The highest BCUT2D eigenvalue weighted by molar-refractivity contribution is 5.86. The van der Waals surface area contributed by atoms with Crippen molar-refractivity contribution in [2.24, 2.45) is 0 Å². The van der Waals surface area contributed by atoms with Gasteiger partial charge in [-0.25, -0.2) is 0 Å².